The summed E-state index contributed by atoms with van der Waals surface area (Å²) in [6.07, 6.45) is 0.555. The molecular weight excluding hydrogens is 306 g/mol. The van der Waals surface area contributed by atoms with Gasteiger partial charge in [0.2, 0.25) is 0 Å². The maximum Gasteiger partial charge on any atom is 0.330 e. The Kier molecular flexibility index (Phi) is 5.05. The number of aryl methyl sites for hydroxylation is 1. The van der Waals surface area contributed by atoms with Crippen LogP contribution in [-0.4, -0.2) is 33.7 Å². The largest absolute Gasteiger partial charge is 0.497 e. The zero-order valence-electron chi connectivity index (χ0n) is 12.1. The predicted octanol–water partition coefficient (Wildman–Crippen LogP) is 1.66. The number of ether oxygens (including phenoxy) is 1. The minimum Gasteiger partial charge on any atom is -0.497 e. The summed E-state index contributed by atoms with van der Waals surface area (Å²) in [7, 11) is 1.52. The summed E-state index contributed by atoms with van der Waals surface area (Å²) in [5.41, 5.74) is 1.01. The first kappa shape index (κ1) is 15.9. The molecule has 0 unspecified atom stereocenters. The van der Waals surface area contributed by atoms with Crippen LogP contribution in [-0.2, 0) is 11.2 Å². The van der Waals surface area contributed by atoms with Gasteiger partial charge >= 0.3 is 5.97 Å². The number of carbonyl (C=O) groups is 2. The molecule has 22 heavy (non-hydrogen) atoms. The molecule has 116 valence electrons. The number of carboxylic acid groups (broad SMARTS) is 1. The van der Waals surface area contributed by atoms with E-state index in [1.807, 2.05) is 6.92 Å². The van der Waals surface area contributed by atoms with Gasteiger partial charge in [-0.25, -0.2) is 4.79 Å². The molecule has 0 fully saturated rings. The summed E-state index contributed by atoms with van der Waals surface area (Å²) < 4.78 is 8.76. The quantitative estimate of drug-likeness (QED) is 0.839. The van der Waals surface area contributed by atoms with E-state index in [4.69, 9.17) is 4.74 Å². The number of hydrogen-bond donors (Lipinski definition) is 2. The molecule has 8 heteroatoms. The van der Waals surface area contributed by atoms with Crippen molar-refractivity contribution in [2.75, 3.05) is 7.11 Å². The third kappa shape index (κ3) is 3.40. The number of rotatable bonds is 6. The first-order valence-corrected chi connectivity index (χ1v) is 7.33. The van der Waals surface area contributed by atoms with Crippen molar-refractivity contribution in [3.8, 4) is 5.75 Å². The van der Waals surface area contributed by atoms with Crippen LogP contribution in [0, 0.1) is 0 Å². The van der Waals surface area contributed by atoms with Crippen LogP contribution >= 0.6 is 11.5 Å². The van der Waals surface area contributed by atoms with Crippen LogP contribution in [0.1, 0.15) is 33.9 Å². The van der Waals surface area contributed by atoms with Crippen molar-refractivity contribution in [3.63, 3.8) is 0 Å². The number of nitrogens with one attached hydrogen (secondary N) is 1. The Morgan fingerprint density at radius 1 is 1.36 bits per heavy atom. The molecule has 1 heterocycles. The van der Waals surface area contributed by atoms with Gasteiger partial charge in [0, 0.05) is 0 Å². The molecule has 1 aromatic heterocycles. The van der Waals surface area contributed by atoms with Crippen LogP contribution in [0.2, 0.25) is 0 Å². The van der Waals surface area contributed by atoms with Gasteiger partial charge in [0.1, 0.15) is 10.6 Å². The Bertz CT molecular complexity index is 669. The molecule has 7 nitrogen and oxygen atoms in total. The molecule has 0 saturated carbocycles. The average Bonchev–Trinajstić information content (AvgIpc) is 3.01. The van der Waals surface area contributed by atoms with E-state index in [1.54, 1.807) is 24.3 Å². The van der Waals surface area contributed by atoms with E-state index in [0.717, 1.165) is 11.5 Å². The zero-order valence-corrected chi connectivity index (χ0v) is 12.9. The van der Waals surface area contributed by atoms with Crippen LogP contribution in [0.25, 0.3) is 0 Å². The molecule has 1 atom stereocenters. The van der Waals surface area contributed by atoms with E-state index in [-0.39, 0.29) is 0 Å². The van der Waals surface area contributed by atoms with Gasteiger partial charge in [-0.15, -0.1) is 5.10 Å². The number of aliphatic carboxylic acids is 1. The third-order valence-corrected chi connectivity index (χ3v) is 3.84. The van der Waals surface area contributed by atoms with Crippen molar-refractivity contribution in [2.24, 2.45) is 0 Å². The van der Waals surface area contributed by atoms with Crippen LogP contribution in [0.15, 0.2) is 24.3 Å². The molecular formula is C14H15N3O4S. The van der Waals surface area contributed by atoms with Crippen LogP contribution in [0.4, 0.5) is 0 Å². The summed E-state index contributed by atoms with van der Waals surface area (Å²) >= 11 is 0.951. The van der Waals surface area contributed by atoms with Gasteiger partial charge in [-0.3, -0.25) is 4.79 Å². The lowest BCUT2D eigenvalue weighted by Gasteiger charge is -2.15. The van der Waals surface area contributed by atoms with E-state index in [1.165, 1.54) is 7.11 Å². The zero-order chi connectivity index (χ0) is 16.1. The first-order chi connectivity index (χ1) is 10.6. The second kappa shape index (κ2) is 6.99. The van der Waals surface area contributed by atoms with Gasteiger partial charge < -0.3 is 15.2 Å². The topological polar surface area (TPSA) is 101 Å². The Balaban J connectivity index is 2.21. The fraction of sp³-hybridized carbons (Fsp3) is 0.286. The van der Waals surface area contributed by atoms with Crippen molar-refractivity contribution in [2.45, 2.75) is 19.4 Å². The molecule has 1 aromatic carbocycles. The summed E-state index contributed by atoms with van der Waals surface area (Å²) in [6.45, 7) is 1.85. The molecule has 0 aliphatic rings. The number of aromatic nitrogens is 2. The van der Waals surface area contributed by atoms with E-state index in [0.29, 0.717) is 28.3 Å². The minimum absolute atomic E-state index is 0.335. The molecule has 2 rings (SSSR count). The molecule has 2 N–H and O–H groups in total. The SMILES string of the molecule is CCc1nnsc1C(=O)N[C@H](C(=O)O)c1ccc(OC)cc1. The summed E-state index contributed by atoms with van der Waals surface area (Å²) in [6, 6.07) is 5.34. The van der Waals surface area contributed by atoms with E-state index >= 15 is 0 Å². The highest BCUT2D eigenvalue weighted by atomic mass is 32.1. The fourth-order valence-corrected chi connectivity index (χ4v) is 2.55. The predicted molar refractivity (Wildman–Crippen MR) is 80.1 cm³/mol. The normalized spacial score (nSPS) is 11.7. The lowest BCUT2D eigenvalue weighted by atomic mass is 10.1. The monoisotopic (exact) mass is 321 g/mol. The molecule has 1 amide bonds. The number of methoxy groups -OCH3 is 1. The summed E-state index contributed by atoms with van der Waals surface area (Å²) in [5, 5.41) is 15.7. The highest BCUT2D eigenvalue weighted by Crippen LogP contribution is 2.19. The lowest BCUT2D eigenvalue weighted by Crippen LogP contribution is -2.33. The second-order valence-corrected chi connectivity index (χ2v) is 5.17. The molecule has 2 aromatic rings. The highest BCUT2D eigenvalue weighted by molar-refractivity contribution is 7.08. The van der Waals surface area contributed by atoms with Gasteiger partial charge in [0.25, 0.3) is 5.91 Å². The first-order valence-electron chi connectivity index (χ1n) is 6.55. The molecule has 0 bridgehead atoms. The maximum absolute atomic E-state index is 12.2. The molecule has 0 aliphatic carbocycles. The van der Waals surface area contributed by atoms with Crippen LogP contribution in [0.3, 0.4) is 0 Å². The number of amides is 1. The van der Waals surface area contributed by atoms with Crippen molar-refractivity contribution >= 4 is 23.4 Å². The maximum atomic E-state index is 12.2. The molecule has 0 saturated heterocycles. The highest BCUT2D eigenvalue weighted by Gasteiger charge is 2.25. The van der Waals surface area contributed by atoms with E-state index in [9.17, 15) is 14.7 Å². The number of benzene rings is 1. The Labute approximate surface area is 131 Å². The molecule has 0 aliphatic heterocycles. The number of hydrogen-bond acceptors (Lipinski definition) is 6. The number of carbonyl (C=O) groups excluding carboxylic acids is 1. The van der Waals surface area contributed by atoms with Gasteiger partial charge in [-0.05, 0) is 35.6 Å². The summed E-state index contributed by atoms with van der Waals surface area (Å²) in [4.78, 5) is 24.0. The Morgan fingerprint density at radius 3 is 2.59 bits per heavy atom. The van der Waals surface area contributed by atoms with Crippen molar-refractivity contribution in [1.82, 2.24) is 14.9 Å². The van der Waals surface area contributed by atoms with Crippen LogP contribution in [0.5, 0.6) is 5.75 Å². The van der Waals surface area contributed by atoms with E-state index in [2.05, 4.69) is 14.9 Å². The van der Waals surface area contributed by atoms with Gasteiger partial charge in [0.05, 0.1) is 12.8 Å². The fourth-order valence-electron chi connectivity index (χ4n) is 1.89. The van der Waals surface area contributed by atoms with Gasteiger partial charge in [-0.2, -0.15) is 0 Å². The third-order valence-electron chi connectivity index (χ3n) is 3.07. The molecule has 0 spiro atoms. The molecule has 0 radical (unpaired) electrons. The standard InChI is InChI=1S/C14H15N3O4S/c1-3-10-12(22-17-16-10)13(18)15-11(14(19)20)8-4-6-9(21-2)7-5-8/h4-7,11H,3H2,1-2H3,(H,15,18)(H,19,20)/t11-/m0/s1. The van der Waals surface area contributed by atoms with Crippen molar-refractivity contribution < 1.29 is 19.4 Å². The van der Waals surface area contributed by atoms with Gasteiger partial charge in [0.15, 0.2) is 6.04 Å². The average molecular weight is 321 g/mol. The number of carboxylic acids is 1. The van der Waals surface area contributed by atoms with E-state index < -0.39 is 17.9 Å². The van der Waals surface area contributed by atoms with Crippen LogP contribution < -0.4 is 10.1 Å². The van der Waals surface area contributed by atoms with Crippen molar-refractivity contribution in [1.29, 1.82) is 0 Å². The second-order valence-electron chi connectivity index (χ2n) is 4.42. The minimum atomic E-state index is -1.15. The van der Waals surface area contributed by atoms with Crippen molar-refractivity contribution in [3.05, 3.63) is 40.4 Å². The number of nitrogens with zero attached hydrogens (tertiary/aromatic N) is 2. The Hall–Kier alpha value is -2.48. The Morgan fingerprint density at radius 2 is 2.05 bits per heavy atom. The lowest BCUT2D eigenvalue weighted by molar-refractivity contribution is -0.139. The smallest absolute Gasteiger partial charge is 0.330 e. The summed E-state index contributed by atoms with van der Waals surface area (Å²) in [5.74, 6) is -1.02. The van der Waals surface area contributed by atoms with Gasteiger partial charge in [-0.1, -0.05) is 23.5 Å².